The van der Waals surface area contributed by atoms with Gasteiger partial charge in [-0.2, -0.15) is 0 Å². The van der Waals surface area contributed by atoms with E-state index in [0.29, 0.717) is 0 Å². The Morgan fingerprint density at radius 1 is 0.808 bits per heavy atom. The van der Waals surface area contributed by atoms with Crippen LogP contribution >= 0.6 is 23.5 Å². The summed E-state index contributed by atoms with van der Waals surface area (Å²) in [6, 6.07) is 6.77. The van der Waals surface area contributed by atoms with E-state index in [1.54, 1.807) is 23.5 Å². The second kappa shape index (κ2) is 6.74. The normalized spacial score (nSPS) is 32.5. The van der Waals surface area contributed by atoms with Crippen LogP contribution in [0, 0.1) is 0 Å². The quantitative estimate of drug-likeness (QED) is 0.617. The molecule has 4 unspecified atom stereocenters. The topological polar surface area (TPSA) is 98.7 Å². The van der Waals surface area contributed by atoms with Gasteiger partial charge in [-0.25, -0.2) is 0 Å². The minimum absolute atomic E-state index is 0.0763. The SMILES string of the molecule is CC1(C)SC(c2ccc(C3NC(C(=O)O)C(C)(C)S3)cc2)NC1C(=O)O. The van der Waals surface area contributed by atoms with Crippen molar-refractivity contribution in [1.82, 2.24) is 10.6 Å². The highest BCUT2D eigenvalue weighted by Crippen LogP contribution is 2.48. The molecule has 0 bridgehead atoms. The van der Waals surface area contributed by atoms with Gasteiger partial charge in [0.15, 0.2) is 0 Å². The lowest BCUT2D eigenvalue weighted by Crippen LogP contribution is -2.43. The first-order valence-electron chi connectivity index (χ1n) is 8.44. The highest BCUT2D eigenvalue weighted by atomic mass is 32.2. The zero-order valence-corrected chi connectivity index (χ0v) is 16.8. The molecule has 6 nitrogen and oxygen atoms in total. The molecular weight excluding hydrogens is 372 g/mol. The van der Waals surface area contributed by atoms with E-state index >= 15 is 0 Å². The van der Waals surface area contributed by atoms with Crippen LogP contribution in [0.25, 0.3) is 0 Å². The van der Waals surface area contributed by atoms with E-state index in [0.717, 1.165) is 11.1 Å². The van der Waals surface area contributed by atoms with E-state index in [1.165, 1.54) is 0 Å². The lowest BCUT2D eigenvalue weighted by molar-refractivity contribution is -0.140. The van der Waals surface area contributed by atoms with Gasteiger partial charge in [0.1, 0.15) is 12.1 Å². The monoisotopic (exact) mass is 396 g/mol. The second-order valence-corrected chi connectivity index (χ2v) is 11.3. The Morgan fingerprint density at radius 3 is 1.35 bits per heavy atom. The van der Waals surface area contributed by atoms with E-state index in [4.69, 9.17) is 0 Å². The molecule has 2 heterocycles. The summed E-state index contributed by atoms with van der Waals surface area (Å²) in [6.45, 7) is 7.74. The van der Waals surface area contributed by atoms with Crippen LogP contribution in [-0.4, -0.2) is 43.7 Å². The van der Waals surface area contributed by atoms with E-state index in [9.17, 15) is 19.8 Å². The molecule has 4 N–H and O–H groups in total. The molecule has 1 aromatic carbocycles. The van der Waals surface area contributed by atoms with Crippen molar-refractivity contribution < 1.29 is 19.8 Å². The van der Waals surface area contributed by atoms with Crippen LogP contribution in [0.5, 0.6) is 0 Å². The molecule has 142 valence electrons. The molecule has 0 amide bonds. The minimum atomic E-state index is -0.838. The van der Waals surface area contributed by atoms with Crippen molar-refractivity contribution in [3.63, 3.8) is 0 Å². The molecule has 2 saturated heterocycles. The summed E-state index contributed by atoms with van der Waals surface area (Å²) in [5.74, 6) is -1.68. The maximum Gasteiger partial charge on any atom is 0.322 e. The van der Waals surface area contributed by atoms with Gasteiger partial charge in [-0.1, -0.05) is 24.3 Å². The fraction of sp³-hybridized carbons (Fsp3) is 0.556. The number of carboxylic acids is 2. The third-order valence-electron chi connectivity index (χ3n) is 4.91. The maximum atomic E-state index is 11.4. The van der Waals surface area contributed by atoms with Crippen molar-refractivity contribution in [2.75, 3.05) is 0 Å². The van der Waals surface area contributed by atoms with Crippen LogP contribution in [-0.2, 0) is 9.59 Å². The number of benzene rings is 1. The van der Waals surface area contributed by atoms with Crippen LogP contribution in [0.3, 0.4) is 0 Å². The van der Waals surface area contributed by atoms with E-state index in [-0.39, 0.29) is 10.7 Å². The van der Waals surface area contributed by atoms with Crippen LogP contribution < -0.4 is 10.6 Å². The molecule has 26 heavy (non-hydrogen) atoms. The van der Waals surface area contributed by atoms with Crippen molar-refractivity contribution >= 4 is 35.5 Å². The van der Waals surface area contributed by atoms with Gasteiger partial charge in [-0.3, -0.25) is 20.2 Å². The van der Waals surface area contributed by atoms with Gasteiger partial charge in [0.2, 0.25) is 0 Å². The Hall–Kier alpha value is -1.22. The Labute approximate surface area is 161 Å². The zero-order chi connectivity index (χ0) is 19.3. The van der Waals surface area contributed by atoms with Gasteiger partial charge in [-0.05, 0) is 38.8 Å². The Morgan fingerprint density at radius 2 is 1.12 bits per heavy atom. The van der Waals surface area contributed by atoms with E-state index < -0.39 is 33.5 Å². The van der Waals surface area contributed by atoms with Gasteiger partial charge >= 0.3 is 11.9 Å². The summed E-state index contributed by atoms with van der Waals surface area (Å²) in [7, 11) is 0. The number of nitrogens with one attached hydrogen (secondary N) is 2. The molecule has 0 aliphatic carbocycles. The predicted molar refractivity (Wildman–Crippen MR) is 104 cm³/mol. The standard InChI is InChI=1S/C18H24N2O4S2/c1-17(2)11(15(21)22)19-13(25-17)9-5-7-10(8-6-9)14-20-12(16(23)24)18(3,4)26-14/h5-8,11-14,19-20H,1-4H3,(H,21,22)(H,23,24). The maximum absolute atomic E-state index is 11.4. The number of hydrogen-bond donors (Lipinski definition) is 4. The predicted octanol–water partition coefficient (Wildman–Crippen LogP) is 2.82. The molecule has 0 spiro atoms. The molecule has 0 aromatic heterocycles. The van der Waals surface area contributed by atoms with Crippen molar-refractivity contribution in [2.45, 2.75) is 60.0 Å². The summed E-state index contributed by atoms with van der Waals surface area (Å²) in [4.78, 5) is 22.9. The number of aliphatic carboxylic acids is 2. The summed E-state index contributed by atoms with van der Waals surface area (Å²) >= 11 is 3.22. The first kappa shape index (κ1) is 19.5. The van der Waals surface area contributed by atoms with Gasteiger partial charge < -0.3 is 10.2 Å². The fourth-order valence-electron chi connectivity index (χ4n) is 3.43. The number of carbonyl (C=O) groups is 2. The number of thioether (sulfide) groups is 2. The van der Waals surface area contributed by atoms with Crippen molar-refractivity contribution in [1.29, 1.82) is 0 Å². The fourth-order valence-corrected chi connectivity index (χ4v) is 6.25. The van der Waals surface area contributed by atoms with E-state index in [2.05, 4.69) is 10.6 Å². The minimum Gasteiger partial charge on any atom is -0.480 e. The van der Waals surface area contributed by atoms with E-state index in [1.807, 2.05) is 52.0 Å². The average molecular weight is 397 g/mol. The molecule has 4 atom stereocenters. The summed E-state index contributed by atoms with van der Waals surface area (Å²) in [6.07, 6.45) is 0. The Bertz CT molecular complexity index is 659. The van der Waals surface area contributed by atoms with Crippen LogP contribution in [0.2, 0.25) is 0 Å². The van der Waals surface area contributed by atoms with Gasteiger partial charge in [0.05, 0.1) is 10.7 Å². The van der Waals surface area contributed by atoms with Gasteiger partial charge in [0, 0.05) is 9.49 Å². The molecule has 2 fully saturated rings. The highest BCUT2D eigenvalue weighted by Gasteiger charge is 2.47. The number of carboxylic acid groups (broad SMARTS) is 2. The smallest absolute Gasteiger partial charge is 0.322 e. The molecule has 2 aliphatic heterocycles. The van der Waals surface area contributed by atoms with Crippen LogP contribution in [0.15, 0.2) is 24.3 Å². The first-order chi connectivity index (χ1) is 12.0. The summed E-state index contributed by atoms with van der Waals surface area (Å²) < 4.78 is -0.784. The third kappa shape index (κ3) is 3.60. The Balaban J connectivity index is 1.74. The molecular formula is C18H24N2O4S2. The van der Waals surface area contributed by atoms with Gasteiger partial charge in [0.25, 0.3) is 0 Å². The lowest BCUT2D eigenvalue weighted by Gasteiger charge is -2.20. The van der Waals surface area contributed by atoms with Crippen molar-refractivity contribution in [3.8, 4) is 0 Å². The third-order valence-corrected chi connectivity index (χ3v) is 7.88. The molecule has 0 saturated carbocycles. The first-order valence-corrected chi connectivity index (χ1v) is 10.2. The number of rotatable bonds is 4. The molecule has 1 aromatic rings. The molecule has 3 rings (SSSR count). The van der Waals surface area contributed by atoms with Crippen LogP contribution in [0.4, 0.5) is 0 Å². The summed E-state index contributed by atoms with van der Waals surface area (Å²) in [5.41, 5.74) is 2.04. The highest BCUT2D eigenvalue weighted by molar-refractivity contribution is 8.01. The van der Waals surface area contributed by atoms with Crippen molar-refractivity contribution in [3.05, 3.63) is 35.4 Å². The zero-order valence-electron chi connectivity index (χ0n) is 15.1. The molecule has 8 heteroatoms. The summed E-state index contributed by atoms with van der Waals surface area (Å²) in [5, 5.41) is 25.0. The Kier molecular flexibility index (Phi) is 5.07. The average Bonchev–Trinajstić information content (AvgIpc) is 3.03. The largest absolute Gasteiger partial charge is 0.480 e. The van der Waals surface area contributed by atoms with Crippen molar-refractivity contribution in [2.24, 2.45) is 0 Å². The lowest BCUT2D eigenvalue weighted by atomic mass is 10.0. The van der Waals surface area contributed by atoms with Gasteiger partial charge in [-0.15, -0.1) is 23.5 Å². The van der Waals surface area contributed by atoms with Crippen LogP contribution in [0.1, 0.15) is 49.6 Å². The molecule has 0 radical (unpaired) electrons. The number of hydrogen-bond acceptors (Lipinski definition) is 6. The second-order valence-electron chi connectivity index (χ2n) is 7.75. The molecule has 2 aliphatic rings.